The van der Waals surface area contributed by atoms with Crippen LogP contribution in [0.5, 0.6) is 0 Å². The highest BCUT2D eigenvalue weighted by Gasteiger charge is 1.99. The Kier molecular flexibility index (Phi) is 3.81. The van der Waals surface area contributed by atoms with Gasteiger partial charge < -0.3 is 5.73 Å². The second kappa shape index (κ2) is 4.94. The molecular weight excluding hydrogens is 146 g/mol. The highest BCUT2D eigenvalue weighted by molar-refractivity contribution is 5.22. The van der Waals surface area contributed by atoms with Crippen molar-refractivity contribution in [3.63, 3.8) is 0 Å². The molecule has 0 aromatic heterocycles. The van der Waals surface area contributed by atoms with Crippen LogP contribution in [-0.4, -0.2) is 6.04 Å². The molecule has 0 fully saturated rings. The zero-order valence-electron chi connectivity index (χ0n) is 7.53. The largest absolute Gasteiger partial charge is 0.328 e. The van der Waals surface area contributed by atoms with Gasteiger partial charge in [-0.3, -0.25) is 0 Å². The molecule has 2 N–H and O–H groups in total. The van der Waals surface area contributed by atoms with Gasteiger partial charge >= 0.3 is 0 Å². The van der Waals surface area contributed by atoms with Crippen molar-refractivity contribution in [1.82, 2.24) is 0 Å². The number of hydrogen-bond donors (Lipinski definition) is 1. The maximum absolute atomic E-state index is 5.79. The van der Waals surface area contributed by atoms with Crippen LogP contribution in [0.3, 0.4) is 0 Å². The summed E-state index contributed by atoms with van der Waals surface area (Å²) in [6, 6.07) is 10.6. The molecule has 65 valence electrons. The van der Waals surface area contributed by atoms with Crippen LogP contribution in [0.4, 0.5) is 0 Å². The van der Waals surface area contributed by atoms with Crippen LogP contribution in [0.25, 0.3) is 0 Å². The monoisotopic (exact) mass is 162 g/mol. The molecule has 0 heterocycles. The van der Waals surface area contributed by atoms with Crippen molar-refractivity contribution in [1.29, 1.82) is 0 Å². The maximum Gasteiger partial charge on any atom is 0.00422 e. The summed E-state index contributed by atoms with van der Waals surface area (Å²) in [7, 11) is 0. The third kappa shape index (κ3) is 3.05. The Morgan fingerprint density at radius 3 is 2.58 bits per heavy atom. The van der Waals surface area contributed by atoms with Crippen molar-refractivity contribution in [3.8, 4) is 0 Å². The molecule has 0 saturated carbocycles. The minimum absolute atomic E-state index is 0.310. The molecule has 0 aliphatic carbocycles. The lowest BCUT2D eigenvalue weighted by Gasteiger charge is -2.07. The Labute approximate surface area is 74.6 Å². The maximum atomic E-state index is 5.79. The fraction of sp³-hybridized carbons (Fsp3) is 0.364. The van der Waals surface area contributed by atoms with E-state index in [2.05, 4.69) is 25.5 Å². The molecular formula is C11H16N. The van der Waals surface area contributed by atoms with Crippen LogP contribution in [-0.2, 0) is 0 Å². The van der Waals surface area contributed by atoms with Gasteiger partial charge in [0.2, 0.25) is 0 Å². The van der Waals surface area contributed by atoms with Crippen molar-refractivity contribution >= 4 is 0 Å². The third-order valence-electron chi connectivity index (χ3n) is 1.98. The first-order valence-electron chi connectivity index (χ1n) is 4.46. The summed E-state index contributed by atoms with van der Waals surface area (Å²) in [5, 5.41) is 0. The van der Waals surface area contributed by atoms with Gasteiger partial charge in [0.25, 0.3) is 0 Å². The fourth-order valence-corrected chi connectivity index (χ4v) is 1.04. The number of rotatable bonds is 4. The van der Waals surface area contributed by atoms with E-state index in [0.29, 0.717) is 6.04 Å². The number of hydrogen-bond acceptors (Lipinski definition) is 1. The molecule has 1 radical (unpaired) electrons. The van der Waals surface area contributed by atoms with E-state index in [-0.39, 0.29) is 0 Å². The molecule has 0 spiro atoms. The molecule has 0 aliphatic heterocycles. The van der Waals surface area contributed by atoms with Gasteiger partial charge in [-0.25, -0.2) is 0 Å². The lowest BCUT2D eigenvalue weighted by atomic mass is 10.0. The van der Waals surface area contributed by atoms with E-state index in [1.54, 1.807) is 0 Å². The van der Waals surface area contributed by atoms with Crippen molar-refractivity contribution in [3.05, 3.63) is 42.3 Å². The van der Waals surface area contributed by atoms with Gasteiger partial charge in [-0.1, -0.05) is 37.3 Å². The zero-order valence-corrected chi connectivity index (χ0v) is 7.53. The first-order valence-corrected chi connectivity index (χ1v) is 4.46. The Morgan fingerprint density at radius 1 is 1.33 bits per heavy atom. The summed E-state index contributed by atoms with van der Waals surface area (Å²) < 4.78 is 0. The van der Waals surface area contributed by atoms with Crippen LogP contribution >= 0.6 is 0 Å². The molecule has 0 bridgehead atoms. The normalized spacial score (nSPS) is 12.8. The van der Waals surface area contributed by atoms with E-state index < -0.39 is 0 Å². The summed E-state index contributed by atoms with van der Waals surface area (Å²) in [4.78, 5) is 0. The van der Waals surface area contributed by atoms with Crippen LogP contribution in [0, 0.1) is 6.42 Å². The van der Waals surface area contributed by atoms with Crippen molar-refractivity contribution in [2.75, 3.05) is 0 Å². The standard InChI is InChI=1S/C11H16N/c1-2-11(12)9-8-10-6-4-3-5-7-10/h3-8,11H,2,9,12H2,1H3. The summed E-state index contributed by atoms with van der Waals surface area (Å²) in [5.41, 5.74) is 7.05. The Balaban J connectivity index is 2.33. The molecule has 1 aromatic rings. The lowest BCUT2D eigenvalue weighted by molar-refractivity contribution is 0.644. The minimum atomic E-state index is 0.310. The van der Waals surface area contributed by atoms with Gasteiger partial charge in [-0.05, 0) is 24.8 Å². The Hall–Kier alpha value is -0.820. The van der Waals surface area contributed by atoms with Crippen molar-refractivity contribution in [2.24, 2.45) is 5.73 Å². The SMILES string of the molecule is CCC(N)C[CH]c1ccccc1. The first kappa shape index (κ1) is 9.27. The average Bonchev–Trinajstić information content (AvgIpc) is 2.16. The topological polar surface area (TPSA) is 26.0 Å². The molecule has 0 aliphatic rings. The van der Waals surface area contributed by atoms with Crippen LogP contribution in [0.1, 0.15) is 25.3 Å². The van der Waals surface area contributed by atoms with E-state index in [1.165, 1.54) is 5.56 Å². The second-order valence-electron chi connectivity index (χ2n) is 3.02. The average molecular weight is 162 g/mol. The molecule has 0 amide bonds. The lowest BCUT2D eigenvalue weighted by Crippen LogP contribution is -2.18. The molecule has 1 heteroatoms. The summed E-state index contributed by atoms with van der Waals surface area (Å²) in [6.07, 6.45) is 4.21. The van der Waals surface area contributed by atoms with E-state index in [4.69, 9.17) is 5.73 Å². The quantitative estimate of drug-likeness (QED) is 0.722. The Bertz CT molecular complexity index is 206. The number of nitrogens with two attached hydrogens (primary N) is 1. The van der Waals surface area contributed by atoms with Gasteiger partial charge in [0.1, 0.15) is 0 Å². The summed E-state index contributed by atoms with van der Waals surface area (Å²) >= 11 is 0. The Morgan fingerprint density at radius 2 is 2.00 bits per heavy atom. The third-order valence-corrected chi connectivity index (χ3v) is 1.98. The highest BCUT2D eigenvalue weighted by Crippen LogP contribution is 2.07. The minimum Gasteiger partial charge on any atom is -0.328 e. The van der Waals surface area contributed by atoms with Gasteiger partial charge in [-0.15, -0.1) is 0 Å². The predicted octanol–water partition coefficient (Wildman–Crippen LogP) is 2.37. The van der Waals surface area contributed by atoms with Crippen LogP contribution in [0.2, 0.25) is 0 Å². The molecule has 1 atom stereocenters. The van der Waals surface area contributed by atoms with E-state index >= 15 is 0 Å². The van der Waals surface area contributed by atoms with Crippen LogP contribution < -0.4 is 5.73 Å². The molecule has 0 saturated heterocycles. The summed E-state index contributed by atoms with van der Waals surface area (Å²) in [5.74, 6) is 0. The predicted molar refractivity (Wildman–Crippen MR) is 52.7 cm³/mol. The highest BCUT2D eigenvalue weighted by atomic mass is 14.6. The molecule has 1 rings (SSSR count). The summed E-state index contributed by atoms with van der Waals surface area (Å²) in [6.45, 7) is 2.11. The van der Waals surface area contributed by atoms with Crippen molar-refractivity contribution in [2.45, 2.75) is 25.8 Å². The molecule has 1 aromatic carbocycles. The molecule has 1 unspecified atom stereocenters. The molecule has 1 nitrogen and oxygen atoms in total. The van der Waals surface area contributed by atoms with E-state index in [1.807, 2.05) is 18.2 Å². The van der Waals surface area contributed by atoms with Gasteiger partial charge in [0.05, 0.1) is 0 Å². The second-order valence-corrected chi connectivity index (χ2v) is 3.02. The number of benzene rings is 1. The van der Waals surface area contributed by atoms with Gasteiger partial charge in [0.15, 0.2) is 0 Å². The smallest absolute Gasteiger partial charge is 0.00422 e. The fourth-order valence-electron chi connectivity index (χ4n) is 1.04. The van der Waals surface area contributed by atoms with Gasteiger partial charge in [0, 0.05) is 6.04 Å². The first-order chi connectivity index (χ1) is 5.83. The molecule has 12 heavy (non-hydrogen) atoms. The van der Waals surface area contributed by atoms with E-state index in [0.717, 1.165) is 12.8 Å². The van der Waals surface area contributed by atoms with Crippen LogP contribution in [0.15, 0.2) is 30.3 Å². The zero-order chi connectivity index (χ0) is 8.81. The van der Waals surface area contributed by atoms with Crippen molar-refractivity contribution < 1.29 is 0 Å². The van der Waals surface area contributed by atoms with Gasteiger partial charge in [-0.2, -0.15) is 0 Å². The van der Waals surface area contributed by atoms with E-state index in [9.17, 15) is 0 Å².